The van der Waals surface area contributed by atoms with E-state index in [4.69, 9.17) is 9.72 Å². The second-order valence-electron chi connectivity index (χ2n) is 9.97. The number of aryl methyl sites for hydroxylation is 1. The number of hydrogen-bond donors (Lipinski definition) is 1. The third-order valence-electron chi connectivity index (χ3n) is 6.26. The lowest BCUT2D eigenvalue weighted by molar-refractivity contribution is 0.0981. The van der Waals surface area contributed by atoms with Crippen LogP contribution in [0.5, 0.6) is 5.88 Å². The average Bonchev–Trinajstić information content (AvgIpc) is 3.14. The molecule has 1 N–H and O–H groups in total. The number of nitrogens with zero attached hydrogens (tertiary/aromatic N) is 6. The summed E-state index contributed by atoms with van der Waals surface area (Å²) in [5.74, 6) is 1.07. The first-order valence-corrected chi connectivity index (χ1v) is 13.1. The van der Waals surface area contributed by atoms with Crippen molar-refractivity contribution in [3.05, 3.63) is 42.4 Å². The van der Waals surface area contributed by atoms with Gasteiger partial charge in [0.2, 0.25) is 5.88 Å². The van der Waals surface area contributed by atoms with Crippen LogP contribution in [0.1, 0.15) is 50.4 Å². The Bertz CT molecular complexity index is 1370. The summed E-state index contributed by atoms with van der Waals surface area (Å²) >= 11 is 0. The van der Waals surface area contributed by atoms with E-state index in [0.29, 0.717) is 30.0 Å². The smallest absolute Gasteiger partial charge is 0.268 e. The SMILES string of the molecule is C[C@@H]1CN(c2nc(-n3ccc(OC4CC4)n3)ccc2C(=O)NS(=O)(=O)c2cnn(C)c2)C(C)(C)C1. The van der Waals surface area contributed by atoms with Gasteiger partial charge in [-0.1, -0.05) is 6.92 Å². The maximum Gasteiger partial charge on any atom is 0.268 e. The molecular weight excluding hydrogens is 470 g/mol. The van der Waals surface area contributed by atoms with Crippen molar-refractivity contribution in [2.24, 2.45) is 13.0 Å². The van der Waals surface area contributed by atoms with Gasteiger partial charge in [-0.3, -0.25) is 9.48 Å². The van der Waals surface area contributed by atoms with Crippen molar-refractivity contribution < 1.29 is 17.9 Å². The topological polar surface area (TPSA) is 124 Å². The number of nitrogens with one attached hydrogen (secondary N) is 1. The Morgan fingerprint density at radius 3 is 2.63 bits per heavy atom. The molecule has 35 heavy (non-hydrogen) atoms. The van der Waals surface area contributed by atoms with Crippen LogP contribution in [0.15, 0.2) is 41.7 Å². The first-order valence-electron chi connectivity index (χ1n) is 11.6. The standard InChI is InChI=1S/C23H29N7O4S/c1-15-11-23(2,3)29(13-15)21-18(22(31)27-35(32,33)17-12-24-28(4)14-17)7-8-19(25-21)30-10-9-20(26-30)34-16-5-6-16/h7-10,12,14-16H,5-6,11,13H2,1-4H3,(H,27,31)/t15-/m0/s1. The van der Waals surface area contributed by atoms with Crippen molar-refractivity contribution >= 4 is 21.7 Å². The lowest BCUT2D eigenvalue weighted by atomic mass is 9.97. The van der Waals surface area contributed by atoms with Gasteiger partial charge in [0.15, 0.2) is 5.82 Å². The highest BCUT2D eigenvalue weighted by molar-refractivity contribution is 7.90. The predicted molar refractivity (Wildman–Crippen MR) is 128 cm³/mol. The molecule has 11 nitrogen and oxygen atoms in total. The second-order valence-corrected chi connectivity index (χ2v) is 11.7. The molecule has 1 atom stereocenters. The molecule has 4 heterocycles. The molecule has 0 spiro atoms. The minimum absolute atomic E-state index is 0.0886. The normalized spacial score (nSPS) is 19.7. The summed E-state index contributed by atoms with van der Waals surface area (Å²) in [5, 5.41) is 8.35. The fourth-order valence-corrected chi connectivity index (χ4v) is 5.49. The van der Waals surface area contributed by atoms with Crippen LogP contribution in [0.25, 0.3) is 5.82 Å². The van der Waals surface area contributed by atoms with E-state index in [0.717, 1.165) is 19.3 Å². The summed E-state index contributed by atoms with van der Waals surface area (Å²) in [7, 11) is -2.49. The van der Waals surface area contributed by atoms with Gasteiger partial charge in [0, 0.05) is 37.6 Å². The average molecular weight is 500 g/mol. The summed E-state index contributed by atoms with van der Waals surface area (Å²) in [6.45, 7) is 7.02. The number of sulfonamides is 1. The molecule has 3 aromatic heterocycles. The Morgan fingerprint density at radius 1 is 1.23 bits per heavy atom. The van der Waals surface area contributed by atoms with E-state index >= 15 is 0 Å². The first-order chi connectivity index (χ1) is 16.5. The van der Waals surface area contributed by atoms with Crippen molar-refractivity contribution in [3.8, 4) is 11.7 Å². The molecule has 12 heteroatoms. The van der Waals surface area contributed by atoms with Crippen molar-refractivity contribution in [1.29, 1.82) is 0 Å². The molecule has 0 unspecified atom stereocenters. The van der Waals surface area contributed by atoms with E-state index in [-0.39, 0.29) is 22.1 Å². The Morgan fingerprint density at radius 2 is 2.00 bits per heavy atom. The van der Waals surface area contributed by atoms with Crippen LogP contribution in [-0.4, -0.2) is 57.1 Å². The molecule has 2 fully saturated rings. The molecule has 3 aromatic rings. The van der Waals surface area contributed by atoms with Gasteiger partial charge in [0.1, 0.15) is 16.8 Å². The lowest BCUT2D eigenvalue weighted by Gasteiger charge is -2.34. The quantitative estimate of drug-likeness (QED) is 0.525. The second kappa shape index (κ2) is 8.36. The molecule has 186 valence electrons. The maximum absolute atomic E-state index is 13.3. The number of pyridine rings is 1. The maximum atomic E-state index is 13.3. The number of amides is 1. The van der Waals surface area contributed by atoms with E-state index in [2.05, 4.69) is 40.6 Å². The molecule has 1 aliphatic heterocycles. The van der Waals surface area contributed by atoms with Gasteiger partial charge in [-0.25, -0.2) is 22.8 Å². The molecule has 1 amide bonds. The largest absolute Gasteiger partial charge is 0.473 e. The summed E-state index contributed by atoms with van der Waals surface area (Å²) in [6, 6.07) is 5.02. The molecule has 1 saturated carbocycles. The summed E-state index contributed by atoms with van der Waals surface area (Å²) in [4.78, 5) is 20.0. The van der Waals surface area contributed by atoms with Crippen LogP contribution < -0.4 is 14.4 Å². The molecule has 5 rings (SSSR count). The van der Waals surface area contributed by atoms with Gasteiger partial charge in [-0.2, -0.15) is 5.10 Å². The number of carbonyl (C=O) groups excluding carboxylic acids is 1. The van der Waals surface area contributed by atoms with Crippen LogP contribution in [-0.2, 0) is 17.1 Å². The summed E-state index contributed by atoms with van der Waals surface area (Å²) in [5.41, 5.74) is -0.0999. The zero-order chi connectivity index (χ0) is 25.0. The summed E-state index contributed by atoms with van der Waals surface area (Å²) in [6.07, 6.45) is 7.49. The summed E-state index contributed by atoms with van der Waals surface area (Å²) < 4.78 is 36.4. The van der Waals surface area contributed by atoms with Crippen LogP contribution in [0.4, 0.5) is 5.82 Å². The van der Waals surface area contributed by atoms with Gasteiger partial charge < -0.3 is 9.64 Å². The predicted octanol–water partition coefficient (Wildman–Crippen LogP) is 2.29. The molecule has 0 bridgehead atoms. The number of hydrogen-bond acceptors (Lipinski definition) is 8. The van der Waals surface area contributed by atoms with Gasteiger partial charge in [0.25, 0.3) is 15.9 Å². The number of rotatable bonds is 7. The third-order valence-corrected chi connectivity index (χ3v) is 7.55. The fraction of sp³-hybridized carbons (Fsp3) is 0.478. The molecule has 1 aliphatic carbocycles. The third kappa shape index (κ3) is 4.75. The number of ether oxygens (including phenoxy) is 1. The van der Waals surface area contributed by atoms with Crippen molar-refractivity contribution in [2.75, 3.05) is 11.4 Å². The monoisotopic (exact) mass is 499 g/mol. The van der Waals surface area contributed by atoms with E-state index in [9.17, 15) is 13.2 Å². The fourth-order valence-electron chi connectivity index (χ4n) is 4.54. The van der Waals surface area contributed by atoms with E-state index < -0.39 is 15.9 Å². The van der Waals surface area contributed by atoms with E-state index in [1.165, 1.54) is 17.1 Å². The van der Waals surface area contributed by atoms with E-state index in [1.807, 2.05) is 0 Å². The first kappa shape index (κ1) is 23.3. The Labute approximate surface area is 204 Å². The number of anilines is 1. The lowest BCUT2D eigenvalue weighted by Crippen LogP contribution is -2.41. The van der Waals surface area contributed by atoms with Crippen molar-refractivity contribution in [1.82, 2.24) is 29.3 Å². The Balaban J connectivity index is 1.51. The van der Waals surface area contributed by atoms with Gasteiger partial charge >= 0.3 is 0 Å². The van der Waals surface area contributed by atoms with E-state index in [1.54, 1.807) is 36.1 Å². The molecule has 0 aromatic carbocycles. The number of carbonyl (C=O) groups is 1. The molecule has 2 aliphatic rings. The highest BCUT2D eigenvalue weighted by Gasteiger charge is 2.39. The van der Waals surface area contributed by atoms with Crippen LogP contribution in [0, 0.1) is 5.92 Å². The molecule has 0 radical (unpaired) electrons. The molecular formula is C23H29N7O4S. The molecule has 1 saturated heterocycles. The minimum Gasteiger partial charge on any atom is -0.473 e. The van der Waals surface area contributed by atoms with Gasteiger partial charge in [-0.05, 0) is 51.2 Å². The van der Waals surface area contributed by atoms with Crippen LogP contribution in [0.2, 0.25) is 0 Å². The van der Waals surface area contributed by atoms with Gasteiger partial charge in [-0.15, -0.1) is 5.10 Å². The zero-order valence-electron chi connectivity index (χ0n) is 20.2. The van der Waals surface area contributed by atoms with Gasteiger partial charge in [0.05, 0.1) is 11.8 Å². The Kier molecular flexibility index (Phi) is 5.58. The van der Waals surface area contributed by atoms with Crippen molar-refractivity contribution in [2.45, 2.75) is 56.6 Å². The van der Waals surface area contributed by atoms with Crippen molar-refractivity contribution in [3.63, 3.8) is 0 Å². The van der Waals surface area contributed by atoms with Crippen LogP contribution in [0.3, 0.4) is 0 Å². The van der Waals surface area contributed by atoms with Crippen LogP contribution >= 0.6 is 0 Å². The zero-order valence-corrected chi connectivity index (χ0v) is 21.0. The highest BCUT2D eigenvalue weighted by atomic mass is 32.2. The number of aromatic nitrogens is 5. The highest BCUT2D eigenvalue weighted by Crippen LogP contribution is 2.38. The Hall–Kier alpha value is -3.41. The minimum atomic E-state index is -4.09.